The predicted molar refractivity (Wildman–Crippen MR) is 57.3 cm³/mol. The highest BCUT2D eigenvalue weighted by Crippen LogP contribution is 2.44. The molecule has 0 atom stereocenters. The molecule has 4 N–H and O–H groups in total. The summed E-state index contributed by atoms with van der Waals surface area (Å²) in [6.45, 7) is 0. The fourth-order valence-corrected chi connectivity index (χ4v) is 1.89. The molecule has 0 saturated heterocycles. The van der Waals surface area contributed by atoms with Crippen LogP contribution in [-0.2, 0) is 0 Å². The lowest BCUT2D eigenvalue weighted by Gasteiger charge is -2.07. The van der Waals surface area contributed by atoms with Gasteiger partial charge in [-0.2, -0.15) is 0 Å². The second kappa shape index (κ2) is 3.67. The minimum atomic E-state index is -0.942. The van der Waals surface area contributed by atoms with E-state index in [0.29, 0.717) is 0 Å². The molecule has 5 nitrogen and oxygen atoms in total. The zero-order chi connectivity index (χ0) is 11.9. The third-order valence-corrected chi connectivity index (χ3v) is 2.67. The Balaban J connectivity index is 2.76. The van der Waals surface area contributed by atoms with E-state index >= 15 is 0 Å². The summed E-state index contributed by atoms with van der Waals surface area (Å²) >= 11 is 3.05. The molecule has 0 bridgehead atoms. The summed E-state index contributed by atoms with van der Waals surface area (Å²) in [5.74, 6) is -2.45. The van der Waals surface area contributed by atoms with Gasteiger partial charge < -0.3 is 20.5 Å². The lowest BCUT2D eigenvalue weighted by Crippen LogP contribution is -1.89. The molecule has 16 heavy (non-hydrogen) atoms. The monoisotopic (exact) mass is 288 g/mol. The van der Waals surface area contributed by atoms with Crippen molar-refractivity contribution in [1.82, 2.24) is 5.16 Å². The van der Waals surface area contributed by atoms with Gasteiger partial charge in [0.1, 0.15) is 0 Å². The Hall–Kier alpha value is -1.76. The third-order valence-electron chi connectivity index (χ3n) is 2.05. The van der Waals surface area contributed by atoms with Crippen molar-refractivity contribution in [3.8, 4) is 22.6 Å². The van der Waals surface area contributed by atoms with Gasteiger partial charge in [-0.05, 0) is 22.0 Å². The van der Waals surface area contributed by atoms with Crippen LogP contribution in [0, 0.1) is 5.82 Å². The molecule has 0 aliphatic heterocycles. The van der Waals surface area contributed by atoms with Crippen LogP contribution < -0.4 is 5.73 Å². The Bertz CT molecular complexity index is 556. The fraction of sp³-hybridized carbons (Fsp3) is 0. The molecule has 0 fully saturated rings. The normalized spacial score (nSPS) is 10.6. The van der Waals surface area contributed by atoms with Gasteiger partial charge in [0.15, 0.2) is 17.3 Å². The number of hydrogen-bond acceptors (Lipinski definition) is 5. The molecule has 1 aromatic heterocycles. The Labute approximate surface area is 97.4 Å². The number of phenols is 2. The summed E-state index contributed by atoms with van der Waals surface area (Å²) in [7, 11) is 0. The van der Waals surface area contributed by atoms with E-state index in [1.54, 1.807) is 0 Å². The van der Waals surface area contributed by atoms with Crippen LogP contribution in [0.1, 0.15) is 0 Å². The van der Waals surface area contributed by atoms with Gasteiger partial charge in [-0.3, -0.25) is 0 Å². The van der Waals surface area contributed by atoms with E-state index in [1.165, 1.54) is 6.20 Å². The van der Waals surface area contributed by atoms with E-state index in [-0.39, 0.29) is 21.5 Å². The van der Waals surface area contributed by atoms with Gasteiger partial charge in [0.25, 0.3) is 0 Å². The highest BCUT2D eigenvalue weighted by Gasteiger charge is 2.20. The van der Waals surface area contributed by atoms with Crippen LogP contribution in [0.4, 0.5) is 10.3 Å². The van der Waals surface area contributed by atoms with Crippen molar-refractivity contribution in [2.45, 2.75) is 0 Å². The summed E-state index contributed by atoms with van der Waals surface area (Å²) in [4.78, 5) is 0. The van der Waals surface area contributed by atoms with Crippen LogP contribution in [0.5, 0.6) is 11.5 Å². The second-order valence-corrected chi connectivity index (χ2v) is 3.87. The summed E-state index contributed by atoms with van der Waals surface area (Å²) in [6.07, 6.45) is 1.26. The average Bonchev–Trinajstić information content (AvgIpc) is 2.62. The standard InChI is InChI=1S/C9H6BrFN2O3/c10-4-1-5(11)7(14)8(15)6(4)3-2-13-16-9(3)12/h1-2,14-15H,12H2. The van der Waals surface area contributed by atoms with Crippen molar-refractivity contribution in [1.29, 1.82) is 0 Å². The number of benzene rings is 1. The van der Waals surface area contributed by atoms with Gasteiger partial charge in [0.05, 0.1) is 11.8 Å². The molecule has 0 saturated carbocycles. The molecule has 1 aromatic carbocycles. The van der Waals surface area contributed by atoms with Crippen LogP contribution in [0.3, 0.4) is 0 Å². The van der Waals surface area contributed by atoms with Crippen molar-refractivity contribution in [3.63, 3.8) is 0 Å². The van der Waals surface area contributed by atoms with Crippen molar-refractivity contribution in [2.75, 3.05) is 5.73 Å². The number of halogens is 2. The first-order valence-corrected chi connectivity index (χ1v) is 4.92. The number of nitrogens with two attached hydrogens (primary N) is 1. The number of hydrogen-bond donors (Lipinski definition) is 3. The fourth-order valence-electron chi connectivity index (χ4n) is 1.29. The second-order valence-electron chi connectivity index (χ2n) is 3.02. The first-order chi connectivity index (χ1) is 7.52. The lowest BCUT2D eigenvalue weighted by molar-refractivity contribution is 0.380. The Morgan fingerprint density at radius 2 is 2.06 bits per heavy atom. The zero-order valence-electron chi connectivity index (χ0n) is 7.74. The van der Waals surface area contributed by atoms with Gasteiger partial charge >= 0.3 is 0 Å². The van der Waals surface area contributed by atoms with Crippen LogP contribution in [0.2, 0.25) is 0 Å². The minimum absolute atomic E-state index is 0.0398. The molecular formula is C9H6BrFN2O3. The first kappa shape index (κ1) is 10.7. The van der Waals surface area contributed by atoms with E-state index in [9.17, 15) is 14.6 Å². The van der Waals surface area contributed by atoms with E-state index < -0.39 is 17.3 Å². The molecule has 2 rings (SSSR count). The van der Waals surface area contributed by atoms with Crippen LogP contribution in [0.15, 0.2) is 21.3 Å². The van der Waals surface area contributed by atoms with Crippen molar-refractivity contribution in [3.05, 3.63) is 22.6 Å². The summed E-state index contributed by atoms with van der Waals surface area (Å²) < 4.78 is 17.9. The smallest absolute Gasteiger partial charge is 0.230 e. The predicted octanol–water partition coefficient (Wildman–Crippen LogP) is 2.24. The largest absolute Gasteiger partial charge is 0.504 e. The van der Waals surface area contributed by atoms with Gasteiger partial charge in [0.2, 0.25) is 5.88 Å². The van der Waals surface area contributed by atoms with E-state index in [2.05, 4.69) is 25.6 Å². The Morgan fingerprint density at radius 1 is 1.38 bits per heavy atom. The molecule has 0 aliphatic carbocycles. The number of nitrogen functional groups attached to an aromatic ring is 1. The highest BCUT2D eigenvalue weighted by atomic mass is 79.9. The summed E-state index contributed by atoms with van der Waals surface area (Å²) in [5.41, 5.74) is 5.85. The van der Waals surface area contributed by atoms with E-state index in [1.807, 2.05) is 0 Å². The number of rotatable bonds is 1. The van der Waals surface area contributed by atoms with Crippen molar-refractivity contribution >= 4 is 21.8 Å². The quantitative estimate of drug-likeness (QED) is 0.700. The van der Waals surface area contributed by atoms with Crippen LogP contribution >= 0.6 is 15.9 Å². The lowest BCUT2D eigenvalue weighted by atomic mass is 10.1. The molecule has 0 amide bonds. The summed E-state index contributed by atoms with van der Waals surface area (Å²) in [6, 6.07) is 1.01. The number of aromatic nitrogens is 1. The third kappa shape index (κ3) is 1.49. The molecule has 0 radical (unpaired) electrons. The summed E-state index contributed by atoms with van der Waals surface area (Å²) in [5, 5.41) is 22.3. The molecule has 84 valence electrons. The van der Waals surface area contributed by atoms with E-state index in [4.69, 9.17) is 5.73 Å². The maximum Gasteiger partial charge on any atom is 0.230 e. The maximum absolute atomic E-state index is 13.1. The highest BCUT2D eigenvalue weighted by molar-refractivity contribution is 9.10. The van der Waals surface area contributed by atoms with E-state index in [0.717, 1.165) is 6.07 Å². The Kier molecular flexibility index (Phi) is 2.47. The Morgan fingerprint density at radius 3 is 2.62 bits per heavy atom. The zero-order valence-corrected chi connectivity index (χ0v) is 9.32. The molecular weight excluding hydrogens is 283 g/mol. The number of phenolic OH excluding ortho intramolecular Hbond substituents is 2. The molecule has 2 aromatic rings. The van der Waals surface area contributed by atoms with Crippen LogP contribution in [0.25, 0.3) is 11.1 Å². The van der Waals surface area contributed by atoms with Gasteiger partial charge in [0, 0.05) is 10.0 Å². The minimum Gasteiger partial charge on any atom is -0.504 e. The maximum atomic E-state index is 13.1. The first-order valence-electron chi connectivity index (χ1n) is 4.12. The molecule has 7 heteroatoms. The number of anilines is 1. The molecule has 0 unspecified atom stereocenters. The van der Waals surface area contributed by atoms with Crippen molar-refractivity contribution in [2.24, 2.45) is 0 Å². The SMILES string of the molecule is Nc1oncc1-c1c(Br)cc(F)c(O)c1O. The number of nitrogens with zero attached hydrogens (tertiary/aromatic N) is 1. The molecule has 0 aliphatic rings. The average molecular weight is 289 g/mol. The van der Waals surface area contributed by atoms with Crippen LogP contribution in [-0.4, -0.2) is 15.4 Å². The van der Waals surface area contributed by atoms with Gasteiger partial charge in [-0.1, -0.05) is 5.16 Å². The van der Waals surface area contributed by atoms with Crippen molar-refractivity contribution < 1.29 is 19.1 Å². The number of aromatic hydroxyl groups is 2. The van der Waals surface area contributed by atoms with Gasteiger partial charge in [-0.15, -0.1) is 0 Å². The van der Waals surface area contributed by atoms with Gasteiger partial charge in [-0.25, -0.2) is 4.39 Å². The molecule has 0 spiro atoms. The topological polar surface area (TPSA) is 92.5 Å². The molecule has 1 heterocycles.